The molecule has 3 aromatic rings. The number of amides is 2. The third-order valence-electron chi connectivity index (χ3n) is 4.33. The number of anilines is 1. The second-order valence-electron chi connectivity index (χ2n) is 6.07. The molecule has 0 fully saturated rings. The van der Waals surface area contributed by atoms with E-state index in [1.165, 1.54) is 0 Å². The maximum Gasteiger partial charge on any atom is 0.251 e. The van der Waals surface area contributed by atoms with Crippen LogP contribution in [0.1, 0.15) is 15.9 Å². The van der Waals surface area contributed by atoms with Crippen molar-refractivity contribution in [3.05, 3.63) is 71.9 Å². The highest BCUT2D eigenvalue weighted by Gasteiger charge is 2.18. The van der Waals surface area contributed by atoms with Gasteiger partial charge in [0.2, 0.25) is 5.91 Å². The first-order chi connectivity index (χ1) is 13.1. The second kappa shape index (κ2) is 8.42. The number of aliphatic hydroxyl groups excluding tert-OH is 1. The standard InChI is InChI=1S/C21H21N3O3/c1-22-21(27)17-9-7-15(8-10-17)14-19(26)24(12-13-25)18-6-2-4-16-5-3-11-23-20(16)18/h2-11,25H,12-14H2,1H3,(H,22,27). The van der Waals surface area contributed by atoms with E-state index in [1.807, 2.05) is 30.3 Å². The number of nitrogens with one attached hydrogen (secondary N) is 1. The Morgan fingerprint density at radius 2 is 1.81 bits per heavy atom. The smallest absolute Gasteiger partial charge is 0.251 e. The number of fused-ring (bicyclic) bond motifs is 1. The molecule has 0 saturated heterocycles. The van der Waals surface area contributed by atoms with Crippen molar-refractivity contribution in [2.45, 2.75) is 6.42 Å². The van der Waals surface area contributed by atoms with Gasteiger partial charge < -0.3 is 15.3 Å². The van der Waals surface area contributed by atoms with Gasteiger partial charge in [-0.1, -0.05) is 30.3 Å². The van der Waals surface area contributed by atoms with E-state index in [0.29, 0.717) is 11.3 Å². The summed E-state index contributed by atoms with van der Waals surface area (Å²) in [6.45, 7) is 0.0371. The van der Waals surface area contributed by atoms with Crippen molar-refractivity contribution in [2.24, 2.45) is 0 Å². The van der Waals surface area contributed by atoms with Crippen molar-refractivity contribution in [1.29, 1.82) is 0 Å². The zero-order chi connectivity index (χ0) is 19.2. The minimum absolute atomic E-state index is 0.144. The molecule has 0 radical (unpaired) electrons. The van der Waals surface area contributed by atoms with Crippen molar-refractivity contribution in [3.63, 3.8) is 0 Å². The van der Waals surface area contributed by atoms with Gasteiger partial charge in [-0.3, -0.25) is 14.6 Å². The Bertz CT molecular complexity index is 949. The van der Waals surface area contributed by atoms with Crippen molar-refractivity contribution >= 4 is 28.4 Å². The Hall–Kier alpha value is -3.25. The van der Waals surface area contributed by atoms with Gasteiger partial charge in [-0.15, -0.1) is 0 Å². The Morgan fingerprint density at radius 3 is 2.52 bits per heavy atom. The third-order valence-corrected chi connectivity index (χ3v) is 4.33. The highest BCUT2D eigenvalue weighted by molar-refractivity contribution is 6.02. The molecule has 2 N–H and O–H groups in total. The average Bonchev–Trinajstić information content (AvgIpc) is 2.71. The summed E-state index contributed by atoms with van der Waals surface area (Å²) in [4.78, 5) is 30.5. The van der Waals surface area contributed by atoms with E-state index in [2.05, 4.69) is 10.3 Å². The summed E-state index contributed by atoms with van der Waals surface area (Å²) in [6.07, 6.45) is 1.85. The fraction of sp³-hybridized carbons (Fsp3) is 0.190. The quantitative estimate of drug-likeness (QED) is 0.703. The number of hydrogen-bond acceptors (Lipinski definition) is 4. The van der Waals surface area contributed by atoms with Crippen LogP contribution in [-0.2, 0) is 11.2 Å². The van der Waals surface area contributed by atoms with Gasteiger partial charge in [-0.05, 0) is 29.8 Å². The summed E-state index contributed by atoms with van der Waals surface area (Å²) in [5.41, 5.74) is 2.73. The maximum absolute atomic E-state index is 12.9. The molecule has 6 nitrogen and oxygen atoms in total. The molecule has 2 aromatic carbocycles. The van der Waals surface area contributed by atoms with Crippen LogP contribution in [-0.4, -0.2) is 42.1 Å². The summed E-state index contributed by atoms with van der Waals surface area (Å²) in [6, 6.07) is 16.3. The molecule has 0 aliphatic heterocycles. The average molecular weight is 363 g/mol. The van der Waals surface area contributed by atoms with Crippen LogP contribution >= 0.6 is 0 Å². The number of hydrogen-bond donors (Lipinski definition) is 2. The fourth-order valence-corrected chi connectivity index (χ4v) is 2.97. The Balaban J connectivity index is 1.86. The first-order valence-electron chi connectivity index (χ1n) is 8.70. The lowest BCUT2D eigenvalue weighted by Crippen LogP contribution is -2.35. The molecule has 0 saturated carbocycles. The monoisotopic (exact) mass is 363 g/mol. The fourth-order valence-electron chi connectivity index (χ4n) is 2.97. The normalized spacial score (nSPS) is 10.6. The molecule has 0 aliphatic rings. The van der Waals surface area contributed by atoms with Crippen LogP contribution in [0.5, 0.6) is 0 Å². The topological polar surface area (TPSA) is 82.5 Å². The third kappa shape index (κ3) is 4.12. The Morgan fingerprint density at radius 1 is 1.07 bits per heavy atom. The minimum Gasteiger partial charge on any atom is -0.395 e. The summed E-state index contributed by atoms with van der Waals surface area (Å²) in [5.74, 6) is -0.313. The zero-order valence-corrected chi connectivity index (χ0v) is 15.1. The summed E-state index contributed by atoms with van der Waals surface area (Å²) < 4.78 is 0. The molecule has 0 atom stereocenters. The van der Waals surface area contributed by atoms with Crippen LogP contribution in [0, 0.1) is 0 Å². The molecular weight excluding hydrogens is 342 g/mol. The lowest BCUT2D eigenvalue weighted by molar-refractivity contribution is -0.118. The van der Waals surface area contributed by atoms with Gasteiger partial charge in [0.05, 0.1) is 24.2 Å². The van der Waals surface area contributed by atoms with Crippen LogP contribution in [0.25, 0.3) is 10.9 Å². The molecule has 2 amide bonds. The predicted octanol–water partition coefficient (Wildman–Crippen LogP) is 2.16. The first-order valence-corrected chi connectivity index (χ1v) is 8.70. The van der Waals surface area contributed by atoms with Crippen molar-refractivity contribution in [3.8, 4) is 0 Å². The summed E-state index contributed by atoms with van der Waals surface area (Å²) >= 11 is 0. The predicted molar refractivity (Wildman–Crippen MR) is 105 cm³/mol. The molecule has 138 valence electrons. The van der Waals surface area contributed by atoms with E-state index in [1.54, 1.807) is 42.4 Å². The Kier molecular flexibility index (Phi) is 5.78. The lowest BCUT2D eigenvalue weighted by atomic mass is 10.1. The largest absolute Gasteiger partial charge is 0.395 e. The number of para-hydroxylation sites is 1. The van der Waals surface area contributed by atoms with Crippen LogP contribution in [0.3, 0.4) is 0 Å². The van der Waals surface area contributed by atoms with Gasteiger partial charge in [0.25, 0.3) is 5.91 Å². The number of rotatable bonds is 6. The molecule has 3 rings (SSSR count). The molecule has 1 aromatic heterocycles. The number of aromatic nitrogens is 1. The number of carbonyl (C=O) groups is 2. The van der Waals surface area contributed by atoms with Gasteiger partial charge in [0.1, 0.15) is 0 Å². The van der Waals surface area contributed by atoms with E-state index >= 15 is 0 Å². The second-order valence-corrected chi connectivity index (χ2v) is 6.07. The van der Waals surface area contributed by atoms with Gasteiger partial charge in [0.15, 0.2) is 0 Å². The number of benzene rings is 2. The molecule has 0 spiro atoms. The van der Waals surface area contributed by atoms with Crippen LogP contribution in [0.2, 0.25) is 0 Å². The van der Waals surface area contributed by atoms with E-state index in [4.69, 9.17) is 0 Å². The Labute approximate surface area is 157 Å². The van der Waals surface area contributed by atoms with E-state index in [9.17, 15) is 14.7 Å². The van der Waals surface area contributed by atoms with Crippen molar-refractivity contribution in [1.82, 2.24) is 10.3 Å². The number of nitrogens with zero attached hydrogens (tertiary/aromatic N) is 2. The van der Waals surface area contributed by atoms with E-state index < -0.39 is 0 Å². The van der Waals surface area contributed by atoms with Crippen LogP contribution in [0.15, 0.2) is 60.8 Å². The van der Waals surface area contributed by atoms with Crippen LogP contribution in [0.4, 0.5) is 5.69 Å². The van der Waals surface area contributed by atoms with Gasteiger partial charge in [0, 0.05) is 30.7 Å². The van der Waals surface area contributed by atoms with E-state index in [-0.39, 0.29) is 31.4 Å². The maximum atomic E-state index is 12.9. The van der Waals surface area contributed by atoms with Crippen LogP contribution < -0.4 is 10.2 Å². The molecule has 0 unspecified atom stereocenters. The molecular formula is C21H21N3O3. The summed E-state index contributed by atoms with van der Waals surface area (Å²) in [7, 11) is 1.57. The first kappa shape index (κ1) is 18.5. The molecule has 27 heavy (non-hydrogen) atoms. The van der Waals surface area contributed by atoms with Crippen molar-refractivity contribution < 1.29 is 14.7 Å². The van der Waals surface area contributed by atoms with Gasteiger partial charge in [-0.2, -0.15) is 0 Å². The highest BCUT2D eigenvalue weighted by atomic mass is 16.3. The van der Waals surface area contributed by atoms with E-state index in [0.717, 1.165) is 16.5 Å². The zero-order valence-electron chi connectivity index (χ0n) is 15.1. The van der Waals surface area contributed by atoms with Crippen molar-refractivity contribution in [2.75, 3.05) is 25.1 Å². The number of carbonyl (C=O) groups excluding carboxylic acids is 2. The lowest BCUT2D eigenvalue weighted by Gasteiger charge is -2.23. The van der Waals surface area contributed by atoms with Gasteiger partial charge >= 0.3 is 0 Å². The highest BCUT2D eigenvalue weighted by Crippen LogP contribution is 2.25. The molecule has 6 heteroatoms. The minimum atomic E-state index is -0.170. The molecule has 0 bridgehead atoms. The SMILES string of the molecule is CNC(=O)c1ccc(CC(=O)N(CCO)c2cccc3cccnc23)cc1. The molecule has 1 heterocycles. The number of aliphatic hydroxyl groups is 1. The van der Waals surface area contributed by atoms with Gasteiger partial charge in [-0.25, -0.2) is 0 Å². The summed E-state index contributed by atoms with van der Waals surface area (Å²) in [5, 5.41) is 12.9. The molecule has 0 aliphatic carbocycles. The number of pyridine rings is 1.